The van der Waals surface area contributed by atoms with E-state index in [9.17, 15) is 4.79 Å². The highest BCUT2D eigenvalue weighted by Gasteiger charge is 2.03. The largest absolute Gasteiger partial charge is 0.496 e. The van der Waals surface area contributed by atoms with Gasteiger partial charge in [0.1, 0.15) is 5.75 Å². The maximum Gasteiger partial charge on any atom is 0.152 e. The summed E-state index contributed by atoms with van der Waals surface area (Å²) in [5.74, 6) is 0.843. The van der Waals surface area contributed by atoms with Crippen molar-refractivity contribution < 1.29 is 9.53 Å². The number of hydrogen-bond donors (Lipinski definition) is 0. The third-order valence-electron chi connectivity index (χ3n) is 1.95. The van der Waals surface area contributed by atoms with Gasteiger partial charge in [-0.3, -0.25) is 4.79 Å². The fourth-order valence-corrected chi connectivity index (χ4v) is 1.35. The van der Waals surface area contributed by atoms with Gasteiger partial charge in [0.2, 0.25) is 0 Å². The van der Waals surface area contributed by atoms with Gasteiger partial charge in [0.05, 0.1) is 7.11 Å². The summed E-state index contributed by atoms with van der Waals surface area (Å²) in [7, 11) is 1.62. The molecule has 74 valence electrons. The van der Waals surface area contributed by atoms with Crippen molar-refractivity contribution in [3.63, 3.8) is 0 Å². The fourth-order valence-electron chi connectivity index (χ4n) is 1.35. The Balaban J connectivity index is 3.11. The molecule has 0 aliphatic carbocycles. The van der Waals surface area contributed by atoms with Gasteiger partial charge in [-0.2, -0.15) is 0 Å². The van der Waals surface area contributed by atoms with Crippen LogP contribution in [0.25, 0.3) is 5.57 Å². The second kappa shape index (κ2) is 4.61. The summed E-state index contributed by atoms with van der Waals surface area (Å²) in [5, 5.41) is 0. The van der Waals surface area contributed by atoms with E-state index >= 15 is 0 Å². The van der Waals surface area contributed by atoms with Crippen LogP contribution in [0.2, 0.25) is 0 Å². The zero-order valence-corrected chi connectivity index (χ0v) is 8.70. The van der Waals surface area contributed by atoms with Crippen LogP contribution >= 0.6 is 0 Å². The Hall–Kier alpha value is -1.57. The summed E-state index contributed by atoms with van der Waals surface area (Å²) in [6.45, 7) is 3.44. The molecule has 0 amide bonds. The number of carbonyl (C=O) groups excluding carboxylic acids is 1. The number of carbonyl (C=O) groups is 1. The number of para-hydroxylation sites is 1. The van der Waals surface area contributed by atoms with Crippen molar-refractivity contribution in [3.8, 4) is 5.75 Å². The van der Waals surface area contributed by atoms with Crippen LogP contribution in [0.15, 0.2) is 30.3 Å². The molecule has 0 spiro atoms. The van der Waals surface area contributed by atoms with Crippen molar-refractivity contribution in [1.29, 1.82) is 0 Å². The Labute approximate surface area is 84.2 Å². The van der Waals surface area contributed by atoms with Crippen LogP contribution in [0.1, 0.15) is 19.4 Å². The molecule has 0 heterocycles. The van der Waals surface area contributed by atoms with E-state index in [4.69, 9.17) is 4.74 Å². The average molecular weight is 190 g/mol. The molecule has 1 aromatic rings. The molecule has 0 bridgehead atoms. The van der Waals surface area contributed by atoms with Gasteiger partial charge in [0.25, 0.3) is 0 Å². The first-order valence-corrected chi connectivity index (χ1v) is 4.47. The second-order valence-electron chi connectivity index (χ2n) is 3.14. The maximum absolute atomic E-state index is 10.9. The molecule has 0 aliphatic rings. The smallest absolute Gasteiger partial charge is 0.152 e. The molecule has 0 unspecified atom stereocenters. The summed E-state index contributed by atoms with van der Waals surface area (Å²) in [6.07, 6.45) is 1.61. The lowest BCUT2D eigenvalue weighted by atomic mass is 10.1. The second-order valence-corrected chi connectivity index (χ2v) is 3.14. The van der Waals surface area contributed by atoms with Crippen molar-refractivity contribution in [3.05, 3.63) is 35.9 Å². The summed E-state index contributed by atoms with van der Waals surface area (Å²) in [5.41, 5.74) is 1.89. The molecular formula is C12H14O2. The molecule has 0 radical (unpaired) electrons. The van der Waals surface area contributed by atoms with Crippen molar-refractivity contribution >= 4 is 11.4 Å². The first-order valence-electron chi connectivity index (χ1n) is 4.47. The van der Waals surface area contributed by atoms with E-state index in [1.807, 2.05) is 31.2 Å². The van der Waals surface area contributed by atoms with Crippen LogP contribution in [0.5, 0.6) is 5.75 Å². The minimum atomic E-state index is 0.0495. The van der Waals surface area contributed by atoms with Crippen LogP contribution in [-0.2, 0) is 4.79 Å². The van der Waals surface area contributed by atoms with E-state index < -0.39 is 0 Å². The summed E-state index contributed by atoms with van der Waals surface area (Å²) in [6, 6.07) is 7.65. The standard InChI is InChI=1S/C12H14O2/c1-9(8-10(2)13)11-6-4-5-7-12(11)14-3/h4-8H,1-3H3/b9-8+. The minimum absolute atomic E-state index is 0.0495. The summed E-state index contributed by atoms with van der Waals surface area (Å²) < 4.78 is 5.20. The van der Waals surface area contributed by atoms with Gasteiger partial charge in [0, 0.05) is 5.56 Å². The lowest BCUT2D eigenvalue weighted by molar-refractivity contribution is -0.112. The molecule has 0 aliphatic heterocycles. The third kappa shape index (κ3) is 2.46. The Morgan fingerprint density at radius 2 is 1.93 bits per heavy atom. The quantitative estimate of drug-likeness (QED) is 0.685. The van der Waals surface area contributed by atoms with Gasteiger partial charge in [0.15, 0.2) is 5.78 Å². The SMILES string of the molecule is COc1ccccc1/C(C)=C/C(C)=O. The highest BCUT2D eigenvalue weighted by molar-refractivity contribution is 5.95. The van der Waals surface area contributed by atoms with Gasteiger partial charge >= 0.3 is 0 Å². The fraction of sp³-hybridized carbons (Fsp3) is 0.250. The molecule has 2 heteroatoms. The highest BCUT2D eigenvalue weighted by atomic mass is 16.5. The Morgan fingerprint density at radius 1 is 1.29 bits per heavy atom. The molecule has 0 aromatic heterocycles. The van der Waals surface area contributed by atoms with E-state index in [1.165, 1.54) is 0 Å². The highest BCUT2D eigenvalue weighted by Crippen LogP contribution is 2.24. The van der Waals surface area contributed by atoms with Gasteiger partial charge < -0.3 is 4.74 Å². The average Bonchev–Trinajstić information content (AvgIpc) is 2.16. The molecule has 0 atom stereocenters. The Kier molecular flexibility index (Phi) is 3.46. The van der Waals surface area contributed by atoms with Gasteiger partial charge in [-0.05, 0) is 31.6 Å². The maximum atomic E-state index is 10.9. The zero-order chi connectivity index (χ0) is 10.6. The van der Waals surface area contributed by atoms with Crippen molar-refractivity contribution in [1.82, 2.24) is 0 Å². The van der Waals surface area contributed by atoms with E-state index in [2.05, 4.69) is 0 Å². The van der Waals surface area contributed by atoms with Crippen LogP contribution in [-0.4, -0.2) is 12.9 Å². The predicted molar refractivity (Wildman–Crippen MR) is 57.3 cm³/mol. The zero-order valence-electron chi connectivity index (χ0n) is 8.70. The van der Waals surface area contributed by atoms with Crippen LogP contribution in [0.3, 0.4) is 0 Å². The predicted octanol–water partition coefficient (Wildman–Crippen LogP) is 2.69. The number of ketones is 1. The Morgan fingerprint density at radius 3 is 2.50 bits per heavy atom. The number of benzene rings is 1. The van der Waals surface area contributed by atoms with E-state index in [-0.39, 0.29) is 5.78 Å². The number of rotatable bonds is 3. The van der Waals surface area contributed by atoms with E-state index in [0.717, 1.165) is 16.9 Å². The van der Waals surface area contributed by atoms with Gasteiger partial charge in [-0.25, -0.2) is 0 Å². The van der Waals surface area contributed by atoms with Gasteiger partial charge in [-0.15, -0.1) is 0 Å². The number of hydrogen-bond acceptors (Lipinski definition) is 2. The summed E-state index contributed by atoms with van der Waals surface area (Å²) in [4.78, 5) is 10.9. The molecule has 1 aromatic carbocycles. The molecule has 0 saturated heterocycles. The number of methoxy groups -OCH3 is 1. The number of ether oxygens (including phenoxy) is 1. The number of allylic oxidation sites excluding steroid dienone is 2. The normalized spacial score (nSPS) is 11.2. The van der Waals surface area contributed by atoms with Crippen LogP contribution in [0, 0.1) is 0 Å². The van der Waals surface area contributed by atoms with E-state index in [0.29, 0.717) is 0 Å². The first-order chi connectivity index (χ1) is 6.65. The molecule has 2 nitrogen and oxygen atoms in total. The minimum Gasteiger partial charge on any atom is -0.496 e. The third-order valence-corrected chi connectivity index (χ3v) is 1.95. The van der Waals surface area contributed by atoms with Crippen LogP contribution < -0.4 is 4.74 Å². The monoisotopic (exact) mass is 190 g/mol. The molecule has 0 saturated carbocycles. The van der Waals surface area contributed by atoms with Crippen molar-refractivity contribution in [2.75, 3.05) is 7.11 Å². The van der Waals surface area contributed by atoms with Crippen LogP contribution in [0.4, 0.5) is 0 Å². The van der Waals surface area contributed by atoms with Crippen molar-refractivity contribution in [2.24, 2.45) is 0 Å². The molecule has 0 fully saturated rings. The lowest BCUT2D eigenvalue weighted by Gasteiger charge is -2.07. The molecular weight excluding hydrogens is 176 g/mol. The van der Waals surface area contributed by atoms with Crippen molar-refractivity contribution in [2.45, 2.75) is 13.8 Å². The molecule has 1 rings (SSSR count). The molecule has 14 heavy (non-hydrogen) atoms. The first kappa shape index (κ1) is 10.5. The van der Waals surface area contributed by atoms with Gasteiger partial charge in [-0.1, -0.05) is 18.2 Å². The summed E-state index contributed by atoms with van der Waals surface area (Å²) >= 11 is 0. The Bertz CT molecular complexity index is 364. The van der Waals surface area contributed by atoms with E-state index in [1.54, 1.807) is 20.1 Å². The molecule has 0 N–H and O–H groups in total. The topological polar surface area (TPSA) is 26.3 Å². The lowest BCUT2D eigenvalue weighted by Crippen LogP contribution is -1.91.